The molecule has 2 aromatic rings. The van der Waals surface area contributed by atoms with E-state index in [4.69, 9.17) is 34.8 Å². The quantitative estimate of drug-likeness (QED) is 0.460. The third kappa shape index (κ3) is 4.88. The number of amides is 3. The Morgan fingerprint density at radius 3 is 2.52 bits per heavy atom. The lowest BCUT2D eigenvalue weighted by atomic mass is 9.81. The molecular weight excluding hydrogens is 465 g/mol. The SMILES string of the molecule is O=C1CC(C(=O)Nc2ccc(Cl)cc2Cl)C2C(=O)NC(Nc3cccc(Cl)c3)NC2N1. The molecule has 2 saturated heterocycles. The van der Waals surface area contributed by atoms with Crippen molar-refractivity contribution >= 4 is 63.9 Å². The number of nitrogens with one attached hydrogen (secondary N) is 5. The van der Waals surface area contributed by atoms with Gasteiger partial charge in [0.25, 0.3) is 0 Å². The average molecular weight is 483 g/mol. The van der Waals surface area contributed by atoms with E-state index in [0.717, 1.165) is 0 Å². The molecule has 2 heterocycles. The fourth-order valence-corrected chi connectivity index (χ4v) is 4.36. The molecule has 0 bridgehead atoms. The maximum absolute atomic E-state index is 12.9. The first-order chi connectivity index (χ1) is 14.8. The summed E-state index contributed by atoms with van der Waals surface area (Å²) in [7, 11) is 0. The van der Waals surface area contributed by atoms with Gasteiger partial charge in [-0.05, 0) is 36.4 Å². The second-order valence-corrected chi connectivity index (χ2v) is 8.54. The molecule has 0 aliphatic carbocycles. The number of piperidine rings is 1. The van der Waals surface area contributed by atoms with Gasteiger partial charge in [-0.2, -0.15) is 0 Å². The minimum Gasteiger partial charge on any atom is -0.353 e. The molecule has 0 aromatic heterocycles. The first kappa shape index (κ1) is 21.7. The lowest BCUT2D eigenvalue weighted by Crippen LogP contribution is -2.72. The topological polar surface area (TPSA) is 111 Å². The van der Waals surface area contributed by atoms with Crippen LogP contribution in [0.5, 0.6) is 0 Å². The number of hydrogen-bond donors (Lipinski definition) is 5. The summed E-state index contributed by atoms with van der Waals surface area (Å²) in [5.41, 5.74) is 1.03. The van der Waals surface area contributed by atoms with Gasteiger partial charge in [0.1, 0.15) is 0 Å². The zero-order valence-corrected chi connectivity index (χ0v) is 18.2. The number of benzene rings is 2. The lowest BCUT2D eigenvalue weighted by molar-refractivity contribution is -0.144. The first-order valence-corrected chi connectivity index (χ1v) is 10.6. The van der Waals surface area contributed by atoms with E-state index in [9.17, 15) is 14.4 Å². The summed E-state index contributed by atoms with van der Waals surface area (Å²) in [6.45, 7) is 0. The highest BCUT2D eigenvalue weighted by Gasteiger charge is 2.48. The highest BCUT2D eigenvalue weighted by molar-refractivity contribution is 6.36. The summed E-state index contributed by atoms with van der Waals surface area (Å²) < 4.78 is 0. The summed E-state index contributed by atoms with van der Waals surface area (Å²) in [6, 6.07) is 11.6. The third-order valence-corrected chi connectivity index (χ3v) is 5.89. The predicted octanol–water partition coefficient (Wildman–Crippen LogP) is 2.78. The van der Waals surface area contributed by atoms with Gasteiger partial charge in [-0.1, -0.05) is 40.9 Å². The Morgan fingerprint density at radius 1 is 1.00 bits per heavy atom. The number of hydrogen-bond acceptors (Lipinski definition) is 5. The maximum Gasteiger partial charge on any atom is 0.229 e. The van der Waals surface area contributed by atoms with Crippen LogP contribution in [0.1, 0.15) is 6.42 Å². The van der Waals surface area contributed by atoms with Crippen molar-refractivity contribution in [2.24, 2.45) is 11.8 Å². The zero-order chi connectivity index (χ0) is 22.1. The molecule has 2 aliphatic heterocycles. The highest BCUT2D eigenvalue weighted by atomic mass is 35.5. The van der Waals surface area contributed by atoms with Crippen molar-refractivity contribution < 1.29 is 14.4 Å². The van der Waals surface area contributed by atoms with Crippen molar-refractivity contribution in [1.29, 1.82) is 0 Å². The first-order valence-electron chi connectivity index (χ1n) is 9.44. The number of carbonyl (C=O) groups excluding carboxylic acids is 3. The van der Waals surface area contributed by atoms with Gasteiger partial charge in [-0.15, -0.1) is 0 Å². The van der Waals surface area contributed by atoms with Crippen molar-refractivity contribution in [3.05, 3.63) is 57.5 Å². The molecule has 4 atom stereocenters. The molecule has 0 radical (unpaired) electrons. The summed E-state index contributed by atoms with van der Waals surface area (Å²) in [4.78, 5) is 38.1. The van der Waals surface area contributed by atoms with E-state index in [1.54, 1.807) is 36.4 Å². The van der Waals surface area contributed by atoms with E-state index in [0.29, 0.717) is 21.4 Å². The summed E-state index contributed by atoms with van der Waals surface area (Å²) in [5.74, 6) is -2.88. The van der Waals surface area contributed by atoms with Crippen LogP contribution >= 0.6 is 34.8 Å². The second kappa shape index (κ2) is 8.92. The molecule has 0 saturated carbocycles. The standard InChI is InChI=1S/C20H18Cl3N5O3/c21-9-2-1-3-11(6-9)24-20-27-17-16(19(31)28-20)12(8-15(29)26-17)18(30)25-14-5-4-10(22)7-13(14)23/h1-7,12,16-17,20,24,27H,8H2,(H,25,30)(H,26,29)(H,28,31). The molecule has 162 valence electrons. The number of halogens is 3. The molecule has 4 unspecified atom stereocenters. The van der Waals surface area contributed by atoms with Crippen molar-refractivity contribution in [2.45, 2.75) is 18.9 Å². The van der Waals surface area contributed by atoms with Crippen LogP contribution in [0.3, 0.4) is 0 Å². The zero-order valence-electron chi connectivity index (χ0n) is 15.9. The number of rotatable bonds is 4. The summed E-state index contributed by atoms with van der Waals surface area (Å²) in [6.07, 6.45) is -1.53. The van der Waals surface area contributed by atoms with Gasteiger partial charge in [0.15, 0.2) is 6.29 Å². The lowest BCUT2D eigenvalue weighted by Gasteiger charge is -2.43. The number of carbonyl (C=O) groups is 3. The highest BCUT2D eigenvalue weighted by Crippen LogP contribution is 2.30. The fraction of sp³-hybridized carbons (Fsp3) is 0.250. The van der Waals surface area contributed by atoms with Gasteiger partial charge < -0.3 is 21.3 Å². The third-order valence-electron chi connectivity index (χ3n) is 5.11. The summed E-state index contributed by atoms with van der Waals surface area (Å²) >= 11 is 18.0. The van der Waals surface area contributed by atoms with Crippen LogP contribution in [0.4, 0.5) is 11.4 Å². The molecule has 31 heavy (non-hydrogen) atoms. The molecule has 2 fully saturated rings. The van der Waals surface area contributed by atoms with Crippen molar-refractivity contribution in [3.8, 4) is 0 Å². The van der Waals surface area contributed by atoms with Crippen LogP contribution in [-0.2, 0) is 14.4 Å². The predicted molar refractivity (Wildman–Crippen MR) is 119 cm³/mol. The molecule has 2 aliphatic rings. The van der Waals surface area contributed by atoms with Gasteiger partial charge in [-0.25, -0.2) is 0 Å². The Bertz CT molecular complexity index is 1050. The van der Waals surface area contributed by atoms with Crippen molar-refractivity contribution in [1.82, 2.24) is 16.0 Å². The molecular formula is C20H18Cl3N5O3. The molecule has 0 spiro atoms. The number of fused-ring (bicyclic) bond motifs is 1. The van der Waals surface area contributed by atoms with Crippen molar-refractivity contribution in [2.75, 3.05) is 10.6 Å². The van der Waals surface area contributed by atoms with Gasteiger partial charge >= 0.3 is 0 Å². The second-order valence-electron chi connectivity index (χ2n) is 7.26. The Hall–Kier alpha value is -2.52. The smallest absolute Gasteiger partial charge is 0.229 e. The molecule has 3 amide bonds. The molecule has 11 heteroatoms. The van der Waals surface area contributed by atoms with Crippen LogP contribution in [-0.4, -0.2) is 30.2 Å². The van der Waals surface area contributed by atoms with Crippen LogP contribution < -0.4 is 26.6 Å². The Morgan fingerprint density at radius 2 is 1.77 bits per heavy atom. The van der Waals surface area contributed by atoms with Gasteiger partial charge in [0.2, 0.25) is 17.7 Å². The molecule has 5 N–H and O–H groups in total. The van der Waals surface area contributed by atoms with Crippen molar-refractivity contribution in [3.63, 3.8) is 0 Å². The summed E-state index contributed by atoms with van der Waals surface area (Å²) in [5, 5.41) is 15.6. The largest absolute Gasteiger partial charge is 0.353 e. The van der Waals surface area contributed by atoms with Crippen LogP contribution in [0.15, 0.2) is 42.5 Å². The normalized spacial score (nSPS) is 25.1. The Labute approximate surface area is 193 Å². The number of anilines is 2. The molecule has 4 rings (SSSR count). The van der Waals surface area contributed by atoms with E-state index >= 15 is 0 Å². The van der Waals surface area contributed by atoms with Crippen LogP contribution in [0.2, 0.25) is 15.1 Å². The van der Waals surface area contributed by atoms with Crippen LogP contribution in [0.25, 0.3) is 0 Å². The van der Waals surface area contributed by atoms with E-state index in [1.165, 1.54) is 6.07 Å². The Balaban J connectivity index is 1.49. The fourth-order valence-electron chi connectivity index (χ4n) is 3.72. The van der Waals surface area contributed by atoms with Gasteiger partial charge in [0, 0.05) is 22.2 Å². The minimum atomic E-state index is -0.884. The van der Waals surface area contributed by atoms with Crippen LogP contribution in [0, 0.1) is 11.8 Å². The van der Waals surface area contributed by atoms with E-state index in [-0.39, 0.29) is 23.3 Å². The maximum atomic E-state index is 12.9. The van der Waals surface area contributed by atoms with Gasteiger partial charge in [-0.3, -0.25) is 19.7 Å². The monoisotopic (exact) mass is 481 g/mol. The molecule has 8 nitrogen and oxygen atoms in total. The van der Waals surface area contributed by atoms with E-state index in [2.05, 4.69) is 26.6 Å². The van der Waals surface area contributed by atoms with E-state index in [1.807, 2.05) is 0 Å². The van der Waals surface area contributed by atoms with Gasteiger partial charge in [0.05, 0.1) is 28.7 Å². The van der Waals surface area contributed by atoms with E-state index < -0.39 is 30.2 Å². The molecule has 2 aromatic carbocycles. The average Bonchev–Trinajstić information content (AvgIpc) is 2.69. The minimum absolute atomic E-state index is 0.125. The Kier molecular flexibility index (Phi) is 6.24.